The van der Waals surface area contributed by atoms with Gasteiger partial charge in [-0.25, -0.2) is 5.43 Å². The van der Waals surface area contributed by atoms with E-state index in [2.05, 4.69) is 10.5 Å². The highest BCUT2D eigenvalue weighted by molar-refractivity contribution is 7.16. The molecule has 0 aliphatic rings. The Bertz CT molecular complexity index is 918. The number of nitro groups is 1. The minimum Gasteiger partial charge on any atom is -0.446 e. The monoisotopic (exact) mass is 397 g/mol. The summed E-state index contributed by atoms with van der Waals surface area (Å²) in [6.45, 7) is 0. The first-order chi connectivity index (χ1) is 13.6. The molecule has 0 radical (unpaired) electrons. The van der Waals surface area contributed by atoms with E-state index in [1.54, 1.807) is 48.5 Å². The highest BCUT2D eigenvalue weighted by Crippen LogP contribution is 2.22. The van der Waals surface area contributed by atoms with Crippen molar-refractivity contribution in [1.82, 2.24) is 5.43 Å². The molecule has 0 bridgehead atoms. The number of benzene rings is 2. The molecule has 3 aromatic rings. The second-order valence-electron chi connectivity index (χ2n) is 5.36. The van der Waals surface area contributed by atoms with Crippen molar-refractivity contribution >= 4 is 28.5 Å². The van der Waals surface area contributed by atoms with Gasteiger partial charge >= 0.3 is 17.2 Å². The van der Waals surface area contributed by atoms with Crippen molar-refractivity contribution in [3.05, 3.63) is 87.8 Å². The van der Waals surface area contributed by atoms with Gasteiger partial charge in [0, 0.05) is 6.07 Å². The summed E-state index contributed by atoms with van der Waals surface area (Å²) in [6, 6.07) is 20.4. The van der Waals surface area contributed by atoms with Crippen LogP contribution in [0.2, 0.25) is 0 Å². The van der Waals surface area contributed by atoms with Gasteiger partial charge in [-0.15, -0.1) is 0 Å². The zero-order valence-electron chi connectivity index (χ0n) is 14.4. The number of ether oxygens (including phenoxy) is 2. The molecule has 8 nitrogen and oxygen atoms in total. The van der Waals surface area contributed by atoms with Crippen molar-refractivity contribution in [2.45, 2.75) is 6.29 Å². The van der Waals surface area contributed by atoms with Crippen LogP contribution in [0.4, 0.5) is 5.00 Å². The maximum absolute atomic E-state index is 12.5. The molecular weight excluding hydrogens is 382 g/mol. The lowest BCUT2D eigenvalue weighted by molar-refractivity contribution is -0.380. The summed E-state index contributed by atoms with van der Waals surface area (Å²) < 4.78 is 11.2. The van der Waals surface area contributed by atoms with E-state index in [1.165, 1.54) is 18.3 Å². The minimum absolute atomic E-state index is 0.00882. The number of para-hydroxylation sites is 2. The van der Waals surface area contributed by atoms with Crippen LogP contribution in [-0.4, -0.2) is 23.3 Å². The van der Waals surface area contributed by atoms with Crippen LogP contribution in [0.15, 0.2) is 77.9 Å². The Balaban J connectivity index is 1.68. The van der Waals surface area contributed by atoms with E-state index < -0.39 is 17.1 Å². The third-order valence-electron chi connectivity index (χ3n) is 3.35. The third kappa shape index (κ3) is 5.39. The standard InChI is InChI=1S/C19H15N3O5S/c23-18(21-20-13-16-11-12-17(28-16)22(24)25)19(26-14-7-3-1-4-8-14)27-15-9-5-2-6-10-15/h1-13,19H,(H,21,23)/b20-13+. The number of hydrazone groups is 1. The first-order valence-corrected chi connectivity index (χ1v) is 8.94. The molecule has 2 aromatic carbocycles. The summed E-state index contributed by atoms with van der Waals surface area (Å²) in [7, 11) is 0. The molecule has 1 N–H and O–H groups in total. The molecule has 0 aliphatic carbocycles. The molecule has 0 saturated carbocycles. The molecule has 0 atom stereocenters. The number of carbonyl (C=O) groups excluding carboxylic acids is 1. The summed E-state index contributed by atoms with van der Waals surface area (Å²) >= 11 is 0.944. The van der Waals surface area contributed by atoms with Gasteiger partial charge in [0.1, 0.15) is 11.5 Å². The van der Waals surface area contributed by atoms with E-state index >= 15 is 0 Å². The van der Waals surface area contributed by atoms with Crippen molar-refractivity contribution in [2.24, 2.45) is 5.10 Å². The van der Waals surface area contributed by atoms with Crippen LogP contribution in [0.5, 0.6) is 11.5 Å². The Morgan fingerprint density at radius 2 is 1.57 bits per heavy atom. The number of hydrogen-bond acceptors (Lipinski definition) is 7. The van der Waals surface area contributed by atoms with E-state index in [0.717, 1.165) is 11.3 Å². The molecule has 28 heavy (non-hydrogen) atoms. The van der Waals surface area contributed by atoms with Crippen molar-refractivity contribution < 1.29 is 19.2 Å². The molecule has 0 saturated heterocycles. The van der Waals surface area contributed by atoms with Gasteiger partial charge in [-0.05, 0) is 30.3 Å². The second-order valence-corrected chi connectivity index (χ2v) is 6.45. The number of hydrogen-bond donors (Lipinski definition) is 1. The largest absolute Gasteiger partial charge is 0.446 e. The van der Waals surface area contributed by atoms with Gasteiger partial charge in [-0.1, -0.05) is 47.7 Å². The van der Waals surface area contributed by atoms with E-state index in [0.29, 0.717) is 16.4 Å². The average Bonchev–Trinajstić information content (AvgIpc) is 3.18. The summed E-state index contributed by atoms with van der Waals surface area (Å²) in [5.74, 6) is 0.280. The lowest BCUT2D eigenvalue weighted by Gasteiger charge is -2.18. The molecular formula is C19H15N3O5S. The quantitative estimate of drug-likeness (QED) is 0.271. The van der Waals surface area contributed by atoms with E-state index in [9.17, 15) is 14.9 Å². The van der Waals surface area contributed by atoms with Crippen molar-refractivity contribution in [1.29, 1.82) is 0 Å². The van der Waals surface area contributed by atoms with Crippen LogP contribution in [0.3, 0.4) is 0 Å². The van der Waals surface area contributed by atoms with Gasteiger partial charge in [-0.3, -0.25) is 14.9 Å². The number of nitrogens with one attached hydrogen (secondary N) is 1. The summed E-state index contributed by atoms with van der Waals surface area (Å²) in [4.78, 5) is 23.2. The van der Waals surface area contributed by atoms with Crippen molar-refractivity contribution in [3.8, 4) is 11.5 Å². The number of nitrogens with zero attached hydrogens (tertiary/aromatic N) is 2. The Labute approximate surface area is 164 Å². The van der Waals surface area contributed by atoms with Gasteiger partial charge < -0.3 is 9.47 Å². The Morgan fingerprint density at radius 1 is 1.00 bits per heavy atom. The predicted octanol–water partition coefficient (Wildman–Crippen LogP) is 3.59. The Morgan fingerprint density at radius 3 is 2.07 bits per heavy atom. The average molecular weight is 397 g/mol. The van der Waals surface area contributed by atoms with E-state index in [4.69, 9.17) is 9.47 Å². The number of rotatable bonds is 8. The topological polar surface area (TPSA) is 103 Å². The fourth-order valence-corrected chi connectivity index (χ4v) is 2.79. The first-order valence-electron chi connectivity index (χ1n) is 8.12. The Kier molecular flexibility index (Phi) is 6.32. The van der Waals surface area contributed by atoms with Crippen LogP contribution in [0.1, 0.15) is 4.88 Å². The molecule has 0 unspecified atom stereocenters. The maximum Gasteiger partial charge on any atom is 0.324 e. The van der Waals surface area contributed by atoms with Crippen molar-refractivity contribution in [2.75, 3.05) is 0 Å². The molecule has 142 valence electrons. The number of thiophene rings is 1. The minimum atomic E-state index is -1.28. The van der Waals surface area contributed by atoms with E-state index in [1.807, 2.05) is 12.1 Å². The normalized spacial score (nSPS) is 10.8. The van der Waals surface area contributed by atoms with Gasteiger partial charge in [0.25, 0.3) is 0 Å². The van der Waals surface area contributed by atoms with Crippen LogP contribution in [0, 0.1) is 10.1 Å². The highest BCUT2D eigenvalue weighted by atomic mass is 32.1. The number of carbonyl (C=O) groups is 1. The summed E-state index contributed by atoms with van der Waals surface area (Å²) in [5, 5.41) is 14.5. The third-order valence-corrected chi connectivity index (χ3v) is 4.32. The molecule has 0 aliphatic heterocycles. The molecule has 9 heteroatoms. The summed E-state index contributed by atoms with van der Waals surface area (Å²) in [6.07, 6.45) is 0.0390. The van der Waals surface area contributed by atoms with Gasteiger partial charge in [-0.2, -0.15) is 5.10 Å². The van der Waals surface area contributed by atoms with Gasteiger partial charge in [0.05, 0.1) is 16.0 Å². The molecule has 3 rings (SSSR count). The highest BCUT2D eigenvalue weighted by Gasteiger charge is 2.22. The van der Waals surface area contributed by atoms with Gasteiger partial charge in [0.2, 0.25) is 0 Å². The predicted molar refractivity (Wildman–Crippen MR) is 105 cm³/mol. The van der Waals surface area contributed by atoms with Crippen LogP contribution < -0.4 is 14.9 Å². The zero-order valence-corrected chi connectivity index (χ0v) is 15.2. The van der Waals surface area contributed by atoms with Crippen LogP contribution in [-0.2, 0) is 4.79 Å². The smallest absolute Gasteiger partial charge is 0.324 e. The molecule has 1 amide bonds. The molecule has 0 spiro atoms. The summed E-state index contributed by atoms with van der Waals surface area (Å²) in [5.41, 5.74) is 2.33. The number of amides is 1. The second kappa shape index (κ2) is 9.28. The molecule has 1 aromatic heterocycles. The molecule has 1 heterocycles. The fraction of sp³-hybridized carbons (Fsp3) is 0.0526. The van der Waals surface area contributed by atoms with Gasteiger partial charge in [0.15, 0.2) is 0 Å². The Hall–Kier alpha value is -3.72. The maximum atomic E-state index is 12.5. The lowest BCUT2D eigenvalue weighted by atomic mass is 10.3. The zero-order chi connectivity index (χ0) is 19.8. The first kappa shape index (κ1) is 19.1. The van der Waals surface area contributed by atoms with Crippen LogP contribution >= 0.6 is 11.3 Å². The van der Waals surface area contributed by atoms with E-state index in [-0.39, 0.29) is 5.00 Å². The fourth-order valence-electron chi connectivity index (χ4n) is 2.10. The van der Waals surface area contributed by atoms with Crippen LogP contribution in [0.25, 0.3) is 0 Å². The SMILES string of the molecule is O=C(N/N=C/c1ccc([N+](=O)[O-])s1)C(Oc1ccccc1)Oc1ccccc1. The molecule has 0 fully saturated rings. The van der Waals surface area contributed by atoms with Crippen molar-refractivity contribution in [3.63, 3.8) is 0 Å². The lowest BCUT2D eigenvalue weighted by Crippen LogP contribution is -2.40.